The van der Waals surface area contributed by atoms with Gasteiger partial charge in [0.2, 0.25) is 0 Å². The second kappa shape index (κ2) is 5.43. The molecule has 0 bridgehead atoms. The van der Waals surface area contributed by atoms with E-state index in [-0.39, 0.29) is 0 Å². The fourth-order valence-corrected chi connectivity index (χ4v) is 1.52. The maximum Gasteiger partial charge on any atom is 0.120 e. The molecule has 0 amide bonds. The highest BCUT2D eigenvalue weighted by Crippen LogP contribution is 2.11. The Morgan fingerprint density at radius 2 is 1.76 bits per heavy atom. The van der Waals surface area contributed by atoms with Gasteiger partial charge in [-0.1, -0.05) is 23.8 Å². The minimum absolute atomic E-state index is 0.388. The molecule has 0 atom stereocenters. The zero-order chi connectivity index (χ0) is 13.0. The van der Waals surface area contributed by atoms with E-state index in [9.17, 15) is 0 Å². The van der Waals surface area contributed by atoms with Crippen molar-refractivity contribution >= 4 is 11.5 Å². The Labute approximate surface area is 103 Å². The molecule has 0 aliphatic heterocycles. The fourth-order valence-electron chi connectivity index (χ4n) is 1.52. The average molecular weight is 229 g/mol. The van der Waals surface area contributed by atoms with Crippen molar-refractivity contribution in [2.45, 2.75) is 13.8 Å². The molecule has 1 aromatic rings. The molecule has 0 aromatic heterocycles. The number of likely N-dealkylation sites (N-methyl/N-ethyl adjacent to an activating group) is 1. The van der Waals surface area contributed by atoms with Gasteiger partial charge < -0.3 is 10.3 Å². The van der Waals surface area contributed by atoms with E-state index in [4.69, 9.17) is 10.8 Å². The second-order valence-corrected chi connectivity index (χ2v) is 4.35. The first kappa shape index (κ1) is 13.2. The quantitative estimate of drug-likeness (QED) is 0.607. The largest absolute Gasteiger partial charge is 0.363 e. The van der Waals surface area contributed by atoms with Gasteiger partial charge in [-0.3, -0.25) is 5.41 Å². The number of allylic oxidation sites excluding steroid dienone is 1. The normalized spacial score (nSPS) is 10.6. The number of hydrogen-bond donors (Lipinski definition) is 2. The van der Waals surface area contributed by atoms with E-state index in [1.165, 1.54) is 5.56 Å². The van der Waals surface area contributed by atoms with E-state index in [1.54, 1.807) is 17.1 Å². The Morgan fingerprint density at radius 1 is 1.12 bits per heavy atom. The van der Waals surface area contributed by atoms with E-state index in [2.05, 4.69) is 6.07 Å². The molecule has 1 rings (SSSR count). The van der Waals surface area contributed by atoms with Crippen molar-refractivity contribution in [1.82, 2.24) is 4.90 Å². The van der Waals surface area contributed by atoms with Crippen LogP contribution in [0.25, 0.3) is 0 Å². The molecule has 0 spiro atoms. The van der Waals surface area contributed by atoms with Crippen LogP contribution in [-0.2, 0) is 0 Å². The lowest BCUT2D eigenvalue weighted by Gasteiger charge is -2.09. The lowest BCUT2D eigenvalue weighted by molar-refractivity contribution is 0.622. The van der Waals surface area contributed by atoms with Crippen molar-refractivity contribution in [3.05, 3.63) is 47.0 Å². The smallest absolute Gasteiger partial charge is 0.120 e. The molecule has 0 radical (unpaired) electrons. The summed E-state index contributed by atoms with van der Waals surface area (Å²) >= 11 is 0. The van der Waals surface area contributed by atoms with E-state index in [0.29, 0.717) is 11.5 Å². The number of rotatable bonds is 3. The summed E-state index contributed by atoms with van der Waals surface area (Å²) in [5, 5.41) is 15.6. The summed E-state index contributed by atoms with van der Waals surface area (Å²) < 4.78 is 0. The summed E-state index contributed by atoms with van der Waals surface area (Å²) in [7, 11) is 3.63. The molecule has 0 aliphatic rings. The molecular formula is C14H19N3. The van der Waals surface area contributed by atoms with Crippen molar-refractivity contribution in [2.75, 3.05) is 14.1 Å². The minimum atomic E-state index is 0.388. The molecule has 0 aliphatic carbocycles. The van der Waals surface area contributed by atoms with Gasteiger partial charge in [0.15, 0.2) is 0 Å². The van der Waals surface area contributed by atoms with Crippen LogP contribution in [-0.4, -0.2) is 30.5 Å². The Hall–Kier alpha value is -1.90. The van der Waals surface area contributed by atoms with Crippen molar-refractivity contribution in [1.29, 1.82) is 10.8 Å². The number of nitrogens with zero attached hydrogens (tertiary/aromatic N) is 1. The lowest BCUT2D eigenvalue weighted by atomic mass is 10.0. The first-order valence-electron chi connectivity index (χ1n) is 5.52. The topological polar surface area (TPSA) is 50.9 Å². The zero-order valence-electron chi connectivity index (χ0n) is 10.8. The minimum Gasteiger partial charge on any atom is -0.363 e. The molecule has 0 saturated carbocycles. The van der Waals surface area contributed by atoms with E-state index in [1.807, 2.05) is 40.1 Å². The predicted octanol–water partition coefficient (Wildman–Crippen LogP) is 2.77. The van der Waals surface area contributed by atoms with Crippen LogP contribution in [0.15, 0.2) is 30.4 Å². The molecule has 3 heteroatoms. The molecule has 90 valence electrons. The predicted molar refractivity (Wildman–Crippen MR) is 73.3 cm³/mol. The van der Waals surface area contributed by atoms with Crippen molar-refractivity contribution < 1.29 is 0 Å². The summed E-state index contributed by atoms with van der Waals surface area (Å²) in [6, 6.07) is 6.02. The van der Waals surface area contributed by atoms with Gasteiger partial charge in [-0.2, -0.15) is 0 Å². The summed E-state index contributed by atoms with van der Waals surface area (Å²) in [5.74, 6) is 0.388. The van der Waals surface area contributed by atoms with E-state index < -0.39 is 0 Å². The Morgan fingerprint density at radius 3 is 2.29 bits per heavy atom. The molecule has 1 aromatic carbocycles. The molecule has 17 heavy (non-hydrogen) atoms. The van der Waals surface area contributed by atoms with Gasteiger partial charge in [0, 0.05) is 19.7 Å². The molecule has 0 saturated heterocycles. The number of hydrogen-bond acceptors (Lipinski definition) is 2. The van der Waals surface area contributed by atoms with E-state index >= 15 is 0 Å². The van der Waals surface area contributed by atoms with Crippen molar-refractivity contribution in [2.24, 2.45) is 0 Å². The standard InChI is InChI=1S/C14H19N3/c1-10-5-6-12(11(2)9-10)13(15)7-8-14(16)17(3)4/h5-9,15-16H,1-4H3/b8-7-,15-13?,16-14?. The molecular weight excluding hydrogens is 210 g/mol. The Bertz CT molecular complexity index is 470. The van der Waals surface area contributed by atoms with Gasteiger partial charge >= 0.3 is 0 Å². The Balaban J connectivity index is 2.87. The lowest BCUT2D eigenvalue weighted by Crippen LogP contribution is -2.18. The highest BCUT2D eigenvalue weighted by atomic mass is 15.1. The highest BCUT2D eigenvalue weighted by Gasteiger charge is 2.02. The molecule has 3 nitrogen and oxygen atoms in total. The fraction of sp³-hybridized carbons (Fsp3) is 0.286. The third kappa shape index (κ3) is 3.55. The first-order chi connectivity index (χ1) is 7.91. The highest BCUT2D eigenvalue weighted by molar-refractivity contribution is 6.10. The summed E-state index contributed by atoms with van der Waals surface area (Å²) in [4.78, 5) is 1.70. The summed E-state index contributed by atoms with van der Waals surface area (Å²) in [5.41, 5.74) is 3.65. The zero-order valence-corrected chi connectivity index (χ0v) is 10.8. The van der Waals surface area contributed by atoms with Crippen molar-refractivity contribution in [3.63, 3.8) is 0 Å². The van der Waals surface area contributed by atoms with E-state index in [0.717, 1.165) is 11.1 Å². The van der Waals surface area contributed by atoms with Gasteiger partial charge in [0.1, 0.15) is 5.84 Å². The number of benzene rings is 1. The van der Waals surface area contributed by atoms with Gasteiger partial charge in [-0.25, -0.2) is 0 Å². The maximum atomic E-state index is 7.97. The number of nitrogens with one attached hydrogen (secondary N) is 2. The van der Waals surface area contributed by atoms with Crippen LogP contribution in [0.5, 0.6) is 0 Å². The monoisotopic (exact) mass is 229 g/mol. The van der Waals surface area contributed by atoms with Crippen LogP contribution < -0.4 is 0 Å². The van der Waals surface area contributed by atoms with Crippen molar-refractivity contribution in [3.8, 4) is 0 Å². The van der Waals surface area contributed by atoms with Gasteiger partial charge in [0.25, 0.3) is 0 Å². The maximum absolute atomic E-state index is 7.97. The average Bonchev–Trinajstić information content (AvgIpc) is 2.25. The van der Waals surface area contributed by atoms with Crippen LogP contribution in [0.3, 0.4) is 0 Å². The number of amidine groups is 1. The molecule has 2 N–H and O–H groups in total. The van der Waals surface area contributed by atoms with Crippen LogP contribution in [0.4, 0.5) is 0 Å². The van der Waals surface area contributed by atoms with Crippen LogP contribution in [0.2, 0.25) is 0 Å². The summed E-state index contributed by atoms with van der Waals surface area (Å²) in [6.07, 6.45) is 3.31. The van der Waals surface area contributed by atoms with Crippen LogP contribution >= 0.6 is 0 Å². The molecule has 0 heterocycles. The third-order valence-electron chi connectivity index (χ3n) is 2.56. The van der Waals surface area contributed by atoms with Gasteiger partial charge in [-0.15, -0.1) is 0 Å². The van der Waals surface area contributed by atoms with Crippen LogP contribution in [0, 0.1) is 24.7 Å². The Kier molecular flexibility index (Phi) is 4.21. The third-order valence-corrected chi connectivity index (χ3v) is 2.56. The van der Waals surface area contributed by atoms with Crippen LogP contribution in [0.1, 0.15) is 16.7 Å². The SMILES string of the molecule is Cc1ccc(C(=N)/C=C\C(=N)N(C)C)c(C)c1. The molecule has 0 fully saturated rings. The summed E-state index contributed by atoms with van der Waals surface area (Å²) in [6.45, 7) is 4.04. The molecule has 0 unspecified atom stereocenters. The van der Waals surface area contributed by atoms with Gasteiger partial charge in [-0.05, 0) is 31.6 Å². The van der Waals surface area contributed by atoms with Gasteiger partial charge in [0.05, 0.1) is 5.71 Å². The second-order valence-electron chi connectivity index (χ2n) is 4.35. The number of aryl methyl sites for hydroxylation is 2. The first-order valence-corrected chi connectivity index (χ1v) is 5.52.